The molecule has 0 aromatic carbocycles. The van der Waals surface area contributed by atoms with Gasteiger partial charge in [-0.25, -0.2) is 0 Å². The summed E-state index contributed by atoms with van der Waals surface area (Å²) in [4.78, 5) is 0. The maximum absolute atomic E-state index is 3.00. The van der Waals surface area contributed by atoms with E-state index in [0.29, 0.717) is 0 Å². The molecule has 0 atom stereocenters. The summed E-state index contributed by atoms with van der Waals surface area (Å²) in [5, 5.41) is 0. The van der Waals surface area contributed by atoms with Crippen molar-refractivity contribution in [2.45, 2.75) is 0 Å². The van der Waals surface area contributed by atoms with Crippen molar-refractivity contribution < 1.29 is 17.1 Å². The Kier molecular flexibility index (Phi) is 1150. The van der Waals surface area contributed by atoms with E-state index in [9.17, 15) is 0 Å². The zero-order valence-electron chi connectivity index (χ0n) is 3.21. The van der Waals surface area contributed by atoms with Crippen LogP contribution < -0.4 is 12.3 Å². The van der Waals surface area contributed by atoms with Crippen LogP contribution in [-0.4, -0.2) is 29.6 Å². The quantitative estimate of drug-likeness (QED) is 0.380. The molecule has 2 nitrogen and oxygen atoms in total. The molecule has 0 aliphatic carbocycles. The van der Waals surface area contributed by atoms with Crippen LogP contribution in [0.3, 0.4) is 0 Å². The molecule has 0 amide bonds. The summed E-state index contributed by atoms with van der Waals surface area (Å²) in [6.07, 6.45) is 0. The minimum atomic E-state index is 0. The molecule has 0 aromatic heterocycles. The molecule has 0 heterocycles. The summed E-state index contributed by atoms with van der Waals surface area (Å²) in [5.41, 5.74) is 0. The van der Waals surface area contributed by atoms with Crippen molar-refractivity contribution in [3.05, 3.63) is 13.2 Å². The second-order valence-electron chi connectivity index (χ2n) is 0. The molecule has 0 unspecified atom stereocenters. The van der Waals surface area contributed by atoms with Crippen molar-refractivity contribution in [3.63, 3.8) is 0 Å². The zero-order chi connectivity index (χ0) is 2.00. The molecule has 6 N–H and O–H groups in total. The standard InChI is InChI=1S/C2H4.Mn.2H3N.Na.H/c1-2;;;;;/h1-2H2;;2*1H3;;. The van der Waals surface area contributed by atoms with Crippen molar-refractivity contribution in [1.29, 1.82) is 0 Å². The summed E-state index contributed by atoms with van der Waals surface area (Å²) < 4.78 is 0. The Morgan fingerprint density at radius 1 is 0.833 bits per heavy atom. The number of hydrogen-bond donors (Lipinski definition) is 2. The van der Waals surface area contributed by atoms with Crippen LogP contribution in [0, 0.1) is 0 Å². The Hall–Kier alpha value is 1.18. The first-order valence-corrected chi connectivity index (χ1v) is 0.500. The molecule has 6 heavy (non-hydrogen) atoms. The van der Waals surface area contributed by atoms with E-state index in [-0.39, 0.29) is 58.9 Å². The van der Waals surface area contributed by atoms with Gasteiger partial charge in [-0.3, -0.25) is 0 Å². The zero-order valence-corrected chi connectivity index (χ0v) is 4.39. The van der Waals surface area contributed by atoms with E-state index in [4.69, 9.17) is 0 Å². The van der Waals surface area contributed by atoms with Crippen LogP contribution in [0.15, 0.2) is 13.2 Å². The molecular weight excluding hydrogens is 130 g/mol. The Labute approximate surface area is 71.7 Å². The fourth-order valence-electron chi connectivity index (χ4n) is 0. The molecule has 0 aromatic rings. The summed E-state index contributed by atoms with van der Waals surface area (Å²) >= 11 is 0. The van der Waals surface area contributed by atoms with Gasteiger partial charge in [0.15, 0.2) is 0 Å². The third kappa shape index (κ3) is 65.0. The molecule has 0 aliphatic heterocycles. The molecule has 0 spiro atoms. The Morgan fingerprint density at radius 3 is 0.833 bits per heavy atom. The van der Waals surface area contributed by atoms with Crippen LogP contribution >= 0.6 is 0 Å². The first-order chi connectivity index (χ1) is 1.00. The molecule has 0 aliphatic rings. The minimum absolute atomic E-state index is 0. The van der Waals surface area contributed by atoms with Crippen LogP contribution in [-0.2, 0) is 17.1 Å². The van der Waals surface area contributed by atoms with Gasteiger partial charge >= 0.3 is 29.6 Å². The van der Waals surface area contributed by atoms with Gasteiger partial charge in [0.25, 0.3) is 0 Å². The van der Waals surface area contributed by atoms with Gasteiger partial charge in [0.2, 0.25) is 0 Å². The van der Waals surface area contributed by atoms with Gasteiger partial charge in [-0.15, -0.1) is 13.2 Å². The van der Waals surface area contributed by atoms with Crippen molar-refractivity contribution in [2.24, 2.45) is 0 Å². The average Bonchev–Trinajstić information content (AvgIpc) is 1.00. The maximum atomic E-state index is 3.00. The molecule has 0 bridgehead atoms. The SMILES string of the molecule is C=C.N.N.[Mn].[NaH]. The molecule has 0 saturated carbocycles. The molecule has 37 valence electrons. The van der Waals surface area contributed by atoms with Crippen molar-refractivity contribution in [2.75, 3.05) is 0 Å². The van der Waals surface area contributed by atoms with E-state index in [1.54, 1.807) is 0 Å². The van der Waals surface area contributed by atoms with Gasteiger partial charge in [-0.1, -0.05) is 0 Å². The first-order valence-electron chi connectivity index (χ1n) is 0.500. The van der Waals surface area contributed by atoms with Gasteiger partial charge in [0, 0.05) is 17.1 Å². The summed E-state index contributed by atoms with van der Waals surface area (Å²) in [6.45, 7) is 6.00. The summed E-state index contributed by atoms with van der Waals surface area (Å²) in [7, 11) is 0. The van der Waals surface area contributed by atoms with Crippen molar-refractivity contribution in [1.82, 2.24) is 12.3 Å². The van der Waals surface area contributed by atoms with Crippen LogP contribution in [0.5, 0.6) is 0 Å². The van der Waals surface area contributed by atoms with Gasteiger partial charge < -0.3 is 12.3 Å². The molecule has 1 radical (unpaired) electrons. The first kappa shape index (κ1) is 57.7. The number of rotatable bonds is 0. The topological polar surface area (TPSA) is 70.0 Å². The predicted molar refractivity (Wildman–Crippen MR) is 28.4 cm³/mol. The molecule has 0 saturated heterocycles. The van der Waals surface area contributed by atoms with Crippen molar-refractivity contribution in [3.8, 4) is 0 Å². The normalized spacial score (nSPS) is 0.667. The average molecular weight is 141 g/mol. The Bertz CT molecular complexity index is 11.5. The van der Waals surface area contributed by atoms with Crippen LogP contribution in [0.2, 0.25) is 0 Å². The van der Waals surface area contributed by atoms with Gasteiger partial charge in [0.1, 0.15) is 0 Å². The van der Waals surface area contributed by atoms with Crippen LogP contribution in [0.4, 0.5) is 0 Å². The predicted octanol–water partition coefficient (Wildman–Crippen LogP) is 0.475. The monoisotopic (exact) mass is 141 g/mol. The van der Waals surface area contributed by atoms with E-state index in [2.05, 4.69) is 13.2 Å². The Balaban J connectivity index is -0.000000000833. The van der Waals surface area contributed by atoms with E-state index >= 15 is 0 Å². The fourth-order valence-corrected chi connectivity index (χ4v) is 0. The van der Waals surface area contributed by atoms with Gasteiger partial charge in [-0.2, -0.15) is 0 Å². The van der Waals surface area contributed by atoms with Crippen LogP contribution in [0.25, 0.3) is 0 Å². The molecule has 0 fully saturated rings. The third-order valence-electron chi connectivity index (χ3n) is 0. The van der Waals surface area contributed by atoms with E-state index in [0.717, 1.165) is 0 Å². The Morgan fingerprint density at radius 2 is 0.833 bits per heavy atom. The van der Waals surface area contributed by atoms with E-state index < -0.39 is 0 Å². The molecule has 4 heteroatoms. The molecule has 0 rings (SSSR count). The third-order valence-corrected chi connectivity index (χ3v) is 0. The second-order valence-corrected chi connectivity index (χ2v) is 0. The second kappa shape index (κ2) is 119. The van der Waals surface area contributed by atoms with Crippen LogP contribution in [0.1, 0.15) is 0 Å². The van der Waals surface area contributed by atoms with Gasteiger partial charge in [0.05, 0.1) is 0 Å². The number of hydrogen-bond acceptors (Lipinski definition) is 2. The van der Waals surface area contributed by atoms with E-state index in [1.165, 1.54) is 0 Å². The van der Waals surface area contributed by atoms with Gasteiger partial charge in [-0.05, 0) is 0 Å². The van der Waals surface area contributed by atoms with Crippen molar-refractivity contribution >= 4 is 29.6 Å². The summed E-state index contributed by atoms with van der Waals surface area (Å²) in [6, 6.07) is 0. The van der Waals surface area contributed by atoms with E-state index in [1.807, 2.05) is 0 Å². The molecular formula is C2H11MnN2Na. The fraction of sp³-hybridized carbons (Fsp3) is 0. The summed E-state index contributed by atoms with van der Waals surface area (Å²) in [5.74, 6) is 0.